The Kier molecular flexibility index (Phi) is 3.42. The minimum atomic E-state index is -0.619. The summed E-state index contributed by atoms with van der Waals surface area (Å²) in [5, 5.41) is 8.76. The standard InChI is InChI=1S/C10H6ClNO3/c1-15-10(14)6-2-7(4-12)9(11)8(3-6)5-13/h2-3,5H,1H3. The maximum Gasteiger partial charge on any atom is 0.337 e. The molecule has 0 heterocycles. The molecule has 4 nitrogen and oxygen atoms in total. The number of nitriles is 1. The number of carbonyl (C=O) groups excluding carboxylic acids is 2. The van der Waals surface area contributed by atoms with Crippen LogP contribution in [0.2, 0.25) is 5.02 Å². The minimum absolute atomic E-state index is 0.0418. The predicted molar refractivity (Wildman–Crippen MR) is 52.9 cm³/mol. The molecule has 1 aromatic carbocycles. The number of carbonyl (C=O) groups is 2. The zero-order chi connectivity index (χ0) is 11.4. The van der Waals surface area contributed by atoms with Gasteiger partial charge in [0.2, 0.25) is 0 Å². The molecule has 0 saturated carbocycles. The van der Waals surface area contributed by atoms with Gasteiger partial charge in [-0.25, -0.2) is 4.79 Å². The van der Waals surface area contributed by atoms with Crippen LogP contribution in [0.3, 0.4) is 0 Å². The maximum absolute atomic E-state index is 11.2. The second-order valence-electron chi connectivity index (χ2n) is 2.65. The van der Waals surface area contributed by atoms with Gasteiger partial charge >= 0.3 is 5.97 Å². The average molecular weight is 224 g/mol. The van der Waals surface area contributed by atoms with Crippen molar-refractivity contribution in [1.82, 2.24) is 0 Å². The third-order valence-electron chi connectivity index (χ3n) is 1.77. The van der Waals surface area contributed by atoms with E-state index in [4.69, 9.17) is 16.9 Å². The number of hydrogen-bond donors (Lipinski definition) is 0. The first-order valence-electron chi connectivity index (χ1n) is 3.91. The van der Waals surface area contributed by atoms with Crippen molar-refractivity contribution in [3.8, 4) is 6.07 Å². The topological polar surface area (TPSA) is 67.2 Å². The van der Waals surface area contributed by atoms with Crippen LogP contribution in [-0.2, 0) is 4.74 Å². The highest BCUT2D eigenvalue weighted by molar-refractivity contribution is 6.34. The highest BCUT2D eigenvalue weighted by Crippen LogP contribution is 2.21. The lowest BCUT2D eigenvalue weighted by Gasteiger charge is -2.03. The molecule has 0 fully saturated rings. The molecule has 0 spiro atoms. The molecule has 5 heteroatoms. The van der Waals surface area contributed by atoms with Crippen molar-refractivity contribution in [2.24, 2.45) is 0 Å². The Hall–Kier alpha value is -1.86. The summed E-state index contributed by atoms with van der Waals surface area (Å²) in [6, 6.07) is 4.35. The van der Waals surface area contributed by atoms with E-state index in [1.807, 2.05) is 0 Å². The van der Waals surface area contributed by atoms with Crippen molar-refractivity contribution < 1.29 is 14.3 Å². The van der Waals surface area contributed by atoms with Gasteiger partial charge in [0.15, 0.2) is 6.29 Å². The van der Waals surface area contributed by atoms with E-state index in [1.165, 1.54) is 19.2 Å². The lowest BCUT2D eigenvalue weighted by Crippen LogP contribution is -2.03. The Morgan fingerprint density at radius 3 is 2.73 bits per heavy atom. The smallest absolute Gasteiger partial charge is 0.337 e. The molecule has 0 unspecified atom stereocenters. The maximum atomic E-state index is 11.2. The van der Waals surface area contributed by atoms with Crippen molar-refractivity contribution in [3.63, 3.8) is 0 Å². The van der Waals surface area contributed by atoms with Crippen LogP contribution in [0.15, 0.2) is 12.1 Å². The summed E-state index contributed by atoms with van der Waals surface area (Å²) in [6.45, 7) is 0. The van der Waals surface area contributed by atoms with Gasteiger partial charge < -0.3 is 4.74 Å². The van der Waals surface area contributed by atoms with E-state index in [2.05, 4.69) is 4.74 Å². The fourth-order valence-corrected chi connectivity index (χ4v) is 1.25. The molecule has 0 aliphatic heterocycles. The lowest BCUT2D eigenvalue weighted by atomic mass is 10.1. The fourth-order valence-electron chi connectivity index (χ4n) is 1.05. The summed E-state index contributed by atoms with van der Waals surface area (Å²) in [6.07, 6.45) is 0.482. The number of aldehydes is 1. The highest BCUT2D eigenvalue weighted by Gasteiger charge is 2.13. The van der Waals surface area contributed by atoms with Gasteiger partial charge in [0.1, 0.15) is 6.07 Å². The van der Waals surface area contributed by atoms with Gasteiger partial charge in [-0.3, -0.25) is 4.79 Å². The van der Waals surface area contributed by atoms with E-state index in [-0.39, 0.29) is 21.7 Å². The minimum Gasteiger partial charge on any atom is -0.465 e. The normalized spacial score (nSPS) is 9.13. The molecule has 76 valence electrons. The van der Waals surface area contributed by atoms with Gasteiger partial charge in [0.05, 0.1) is 23.3 Å². The van der Waals surface area contributed by atoms with Gasteiger partial charge in [-0.2, -0.15) is 5.26 Å². The number of hydrogen-bond acceptors (Lipinski definition) is 4. The monoisotopic (exact) mass is 223 g/mol. The van der Waals surface area contributed by atoms with Crippen LogP contribution in [0.4, 0.5) is 0 Å². The molecular weight excluding hydrogens is 218 g/mol. The summed E-state index contributed by atoms with van der Waals surface area (Å²) in [7, 11) is 1.21. The molecule has 0 radical (unpaired) electrons. The van der Waals surface area contributed by atoms with Crippen LogP contribution in [0.25, 0.3) is 0 Å². The van der Waals surface area contributed by atoms with Gasteiger partial charge in [-0.05, 0) is 12.1 Å². The molecule has 0 bridgehead atoms. The molecule has 0 saturated heterocycles. The Morgan fingerprint density at radius 1 is 1.60 bits per heavy atom. The predicted octanol–water partition coefficient (Wildman–Crippen LogP) is 1.81. The van der Waals surface area contributed by atoms with Crippen LogP contribution >= 0.6 is 11.6 Å². The van der Waals surface area contributed by atoms with Crippen molar-refractivity contribution >= 4 is 23.9 Å². The summed E-state index contributed by atoms with van der Waals surface area (Å²) < 4.78 is 4.47. The second kappa shape index (κ2) is 4.58. The van der Waals surface area contributed by atoms with Gasteiger partial charge in [-0.15, -0.1) is 0 Å². The number of rotatable bonds is 2. The Bertz CT molecular complexity index is 462. The van der Waals surface area contributed by atoms with Crippen molar-refractivity contribution in [2.45, 2.75) is 0 Å². The number of benzene rings is 1. The van der Waals surface area contributed by atoms with Crippen LogP contribution in [0, 0.1) is 11.3 Å². The van der Waals surface area contributed by atoms with E-state index in [9.17, 15) is 9.59 Å². The number of methoxy groups -OCH3 is 1. The quantitative estimate of drug-likeness (QED) is 0.567. The van der Waals surface area contributed by atoms with E-state index in [0.29, 0.717) is 6.29 Å². The number of nitrogens with zero attached hydrogens (tertiary/aromatic N) is 1. The third-order valence-corrected chi connectivity index (χ3v) is 2.19. The van der Waals surface area contributed by atoms with Gasteiger partial charge in [0.25, 0.3) is 0 Å². The largest absolute Gasteiger partial charge is 0.465 e. The molecule has 0 aliphatic rings. The van der Waals surface area contributed by atoms with E-state index in [0.717, 1.165) is 0 Å². The molecule has 0 aromatic heterocycles. The van der Waals surface area contributed by atoms with Crippen molar-refractivity contribution in [1.29, 1.82) is 5.26 Å². The number of esters is 1. The molecule has 0 aliphatic carbocycles. The first-order chi connectivity index (χ1) is 7.13. The summed E-state index contributed by atoms with van der Waals surface area (Å²) >= 11 is 5.72. The molecule has 1 aromatic rings. The van der Waals surface area contributed by atoms with E-state index >= 15 is 0 Å². The third kappa shape index (κ3) is 2.14. The van der Waals surface area contributed by atoms with Crippen LogP contribution in [-0.4, -0.2) is 19.4 Å². The molecule has 0 N–H and O–H groups in total. The Balaban J connectivity index is 3.41. The van der Waals surface area contributed by atoms with Crippen molar-refractivity contribution in [2.75, 3.05) is 7.11 Å². The molecule has 15 heavy (non-hydrogen) atoms. The summed E-state index contributed by atoms with van der Waals surface area (Å²) in [5.41, 5.74) is 0.290. The molecular formula is C10H6ClNO3. The average Bonchev–Trinajstić information content (AvgIpc) is 2.28. The van der Waals surface area contributed by atoms with Crippen LogP contribution < -0.4 is 0 Å². The lowest BCUT2D eigenvalue weighted by molar-refractivity contribution is 0.0600. The molecule has 0 atom stereocenters. The SMILES string of the molecule is COC(=O)c1cc(C#N)c(Cl)c(C=O)c1. The highest BCUT2D eigenvalue weighted by atomic mass is 35.5. The molecule has 1 rings (SSSR count). The van der Waals surface area contributed by atoms with Crippen LogP contribution in [0.5, 0.6) is 0 Å². The zero-order valence-electron chi connectivity index (χ0n) is 7.78. The second-order valence-corrected chi connectivity index (χ2v) is 3.03. The summed E-state index contributed by atoms with van der Waals surface area (Å²) in [4.78, 5) is 21.8. The first-order valence-corrected chi connectivity index (χ1v) is 4.29. The Morgan fingerprint density at radius 2 is 2.27 bits per heavy atom. The summed E-state index contributed by atoms with van der Waals surface area (Å²) in [5.74, 6) is -0.619. The first kappa shape index (κ1) is 11.2. The van der Waals surface area contributed by atoms with E-state index < -0.39 is 5.97 Å². The number of ether oxygens (including phenoxy) is 1. The number of halogens is 1. The molecule has 0 amide bonds. The fraction of sp³-hybridized carbons (Fsp3) is 0.100. The zero-order valence-corrected chi connectivity index (χ0v) is 8.54. The van der Waals surface area contributed by atoms with E-state index in [1.54, 1.807) is 6.07 Å². The van der Waals surface area contributed by atoms with Crippen LogP contribution in [0.1, 0.15) is 26.3 Å². The van der Waals surface area contributed by atoms with Gasteiger partial charge in [-0.1, -0.05) is 11.6 Å². The Labute approximate surface area is 91.0 Å². The van der Waals surface area contributed by atoms with Gasteiger partial charge in [0, 0.05) is 5.56 Å². The van der Waals surface area contributed by atoms with Crippen molar-refractivity contribution in [3.05, 3.63) is 33.8 Å².